The lowest BCUT2D eigenvalue weighted by Gasteiger charge is -2.29. The molecule has 25 heavy (non-hydrogen) atoms. The van der Waals surface area contributed by atoms with E-state index in [0.29, 0.717) is 19.1 Å². The van der Waals surface area contributed by atoms with Crippen molar-refractivity contribution in [3.05, 3.63) is 34.3 Å². The van der Waals surface area contributed by atoms with Crippen molar-refractivity contribution in [2.24, 2.45) is 0 Å². The molecular formula is C19H26BrN3O2. The van der Waals surface area contributed by atoms with Crippen LogP contribution in [0.4, 0.5) is 4.79 Å². The Morgan fingerprint density at radius 1 is 1.20 bits per heavy atom. The molecule has 2 fully saturated rings. The molecule has 0 bridgehead atoms. The van der Waals surface area contributed by atoms with Crippen molar-refractivity contribution in [3.8, 4) is 0 Å². The van der Waals surface area contributed by atoms with Gasteiger partial charge in [0, 0.05) is 29.0 Å². The predicted octanol–water partition coefficient (Wildman–Crippen LogP) is 3.18. The fourth-order valence-corrected chi connectivity index (χ4v) is 3.47. The van der Waals surface area contributed by atoms with Gasteiger partial charge in [-0.2, -0.15) is 0 Å². The van der Waals surface area contributed by atoms with Crippen LogP contribution < -0.4 is 10.6 Å². The van der Waals surface area contributed by atoms with Gasteiger partial charge < -0.3 is 15.5 Å². The van der Waals surface area contributed by atoms with E-state index in [9.17, 15) is 9.59 Å². The number of hydrogen-bond acceptors (Lipinski definition) is 2. The van der Waals surface area contributed by atoms with Crippen LogP contribution in [0.15, 0.2) is 28.7 Å². The lowest BCUT2D eigenvalue weighted by Crippen LogP contribution is -2.51. The highest BCUT2D eigenvalue weighted by Gasteiger charge is 2.36. The van der Waals surface area contributed by atoms with Crippen LogP contribution in [0.2, 0.25) is 0 Å². The quantitative estimate of drug-likeness (QED) is 0.786. The smallest absolute Gasteiger partial charge is 0.318 e. The molecule has 136 valence electrons. The molecule has 1 atom stereocenters. The van der Waals surface area contributed by atoms with E-state index in [0.717, 1.165) is 30.2 Å². The van der Waals surface area contributed by atoms with E-state index >= 15 is 0 Å². The van der Waals surface area contributed by atoms with E-state index < -0.39 is 0 Å². The van der Waals surface area contributed by atoms with Crippen LogP contribution in [0.3, 0.4) is 0 Å². The van der Waals surface area contributed by atoms with E-state index in [1.54, 1.807) is 4.90 Å². The molecule has 1 saturated heterocycles. The van der Waals surface area contributed by atoms with Crippen LogP contribution in [-0.2, 0) is 10.2 Å². The molecule has 0 aromatic heterocycles. The van der Waals surface area contributed by atoms with Crippen molar-refractivity contribution >= 4 is 27.9 Å². The summed E-state index contributed by atoms with van der Waals surface area (Å²) < 4.78 is 1.04. The van der Waals surface area contributed by atoms with Crippen LogP contribution in [0.1, 0.15) is 45.1 Å². The highest BCUT2D eigenvalue weighted by Crippen LogP contribution is 2.25. The fourth-order valence-electron chi connectivity index (χ4n) is 3.21. The minimum Gasteiger partial charge on any atom is -0.352 e. The molecule has 0 spiro atoms. The normalized spacial score (nSPS) is 20.4. The van der Waals surface area contributed by atoms with E-state index in [1.165, 1.54) is 5.56 Å². The van der Waals surface area contributed by atoms with Gasteiger partial charge in [0.05, 0.1) is 0 Å². The summed E-state index contributed by atoms with van der Waals surface area (Å²) in [6.45, 7) is 5.39. The highest BCUT2D eigenvalue weighted by atomic mass is 79.9. The number of likely N-dealkylation sites (tertiary alicyclic amines) is 1. The summed E-state index contributed by atoms with van der Waals surface area (Å²) in [5.41, 5.74) is 0.988. The average molecular weight is 408 g/mol. The maximum absolute atomic E-state index is 12.6. The standard InChI is InChI=1S/C19H26BrN3O2/c1-19(2,13-5-7-14(20)8-6-13)12-21-18(25)23-11-3-4-16(23)17(24)22-15-9-10-15/h5-8,15-16H,3-4,9-12H2,1-2H3,(H,21,25)(H,22,24). The van der Waals surface area contributed by atoms with Gasteiger partial charge in [-0.1, -0.05) is 41.9 Å². The zero-order valence-electron chi connectivity index (χ0n) is 14.8. The maximum Gasteiger partial charge on any atom is 0.318 e. The Labute approximate surface area is 157 Å². The van der Waals surface area contributed by atoms with Crippen LogP contribution in [0.5, 0.6) is 0 Å². The van der Waals surface area contributed by atoms with E-state index in [2.05, 4.69) is 52.5 Å². The number of nitrogens with zero attached hydrogens (tertiary/aromatic N) is 1. The van der Waals surface area contributed by atoms with Gasteiger partial charge in [0.25, 0.3) is 0 Å². The molecule has 3 rings (SSSR count). The first-order valence-corrected chi connectivity index (χ1v) is 9.77. The second-order valence-electron chi connectivity index (χ2n) is 7.68. The SMILES string of the molecule is CC(C)(CNC(=O)N1CCCC1C(=O)NC1CC1)c1ccc(Br)cc1. The van der Waals surface area contributed by atoms with Gasteiger partial charge >= 0.3 is 6.03 Å². The third kappa shape index (κ3) is 4.54. The van der Waals surface area contributed by atoms with Crippen molar-refractivity contribution in [1.82, 2.24) is 15.5 Å². The van der Waals surface area contributed by atoms with Gasteiger partial charge in [0.2, 0.25) is 5.91 Å². The Kier molecular flexibility index (Phi) is 5.37. The predicted molar refractivity (Wildman–Crippen MR) is 101 cm³/mol. The maximum atomic E-state index is 12.6. The summed E-state index contributed by atoms with van der Waals surface area (Å²) in [4.78, 5) is 26.6. The summed E-state index contributed by atoms with van der Waals surface area (Å²) >= 11 is 3.45. The van der Waals surface area contributed by atoms with Crippen molar-refractivity contribution in [2.45, 2.75) is 57.0 Å². The number of nitrogens with one attached hydrogen (secondary N) is 2. The number of rotatable bonds is 5. The molecule has 5 nitrogen and oxygen atoms in total. The van der Waals surface area contributed by atoms with Crippen molar-refractivity contribution in [1.29, 1.82) is 0 Å². The monoisotopic (exact) mass is 407 g/mol. The zero-order chi connectivity index (χ0) is 18.0. The first kappa shape index (κ1) is 18.2. The molecule has 1 aromatic carbocycles. The average Bonchev–Trinajstić information content (AvgIpc) is 3.25. The molecule has 6 heteroatoms. The molecule has 2 N–H and O–H groups in total. The molecule has 1 aliphatic heterocycles. The molecule has 1 saturated carbocycles. The van der Waals surface area contributed by atoms with E-state index in [1.807, 2.05) is 12.1 Å². The lowest BCUT2D eigenvalue weighted by atomic mass is 9.85. The van der Waals surface area contributed by atoms with Gasteiger partial charge in [0.1, 0.15) is 6.04 Å². The summed E-state index contributed by atoms with van der Waals surface area (Å²) in [6, 6.07) is 8.02. The Morgan fingerprint density at radius 2 is 1.88 bits per heavy atom. The fraction of sp³-hybridized carbons (Fsp3) is 0.579. The largest absolute Gasteiger partial charge is 0.352 e. The molecule has 1 aromatic rings. The van der Waals surface area contributed by atoms with E-state index in [-0.39, 0.29) is 23.4 Å². The summed E-state index contributed by atoms with van der Waals surface area (Å²) in [6.07, 6.45) is 3.76. The number of halogens is 1. The Bertz CT molecular complexity index is 641. The van der Waals surface area contributed by atoms with Crippen LogP contribution in [-0.4, -0.2) is 42.0 Å². The van der Waals surface area contributed by atoms with Gasteiger partial charge in [0.15, 0.2) is 0 Å². The lowest BCUT2D eigenvalue weighted by molar-refractivity contribution is -0.124. The number of amides is 3. The molecule has 1 heterocycles. The minimum atomic E-state index is -0.323. The molecule has 1 aliphatic carbocycles. The van der Waals surface area contributed by atoms with Gasteiger partial charge in [-0.25, -0.2) is 4.79 Å². The number of carbonyl (C=O) groups excluding carboxylic acids is 2. The Balaban J connectivity index is 1.57. The molecular weight excluding hydrogens is 382 g/mol. The summed E-state index contributed by atoms with van der Waals surface area (Å²) in [7, 11) is 0. The first-order valence-electron chi connectivity index (χ1n) is 8.98. The number of hydrogen-bond donors (Lipinski definition) is 2. The molecule has 2 aliphatic rings. The van der Waals surface area contributed by atoms with Gasteiger partial charge in [-0.15, -0.1) is 0 Å². The number of benzene rings is 1. The second kappa shape index (κ2) is 7.36. The van der Waals surface area contributed by atoms with Gasteiger partial charge in [-0.05, 0) is 43.4 Å². The van der Waals surface area contributed by atoms with Crippen LogP contribution in [0, 0.1) is 0 Å². The van der Waals surface area contributed by atoms with Crippen LogP contribution in [0.25, 0.3) is 0 Å². The van der Waals surface area contributed by atoms with Crippen LogP contribution >= 0.6 is 15.9 Å². The first-order chi connectivity index (χ1) is 11.9. The molecule has 1 unspecified atom stereocenters. The Hall–Kier alpha value is -1.56. The summed E-state index contributed by atoms with van der Waals surface area (Å²) in [5.74, 6) is 0.00215. The second-order valence-corrected chi connectivity index (χ2v) is 8.60. The zero-order valence-corrected chi connectivity index (χ0v) is 16.4. The van der Waals surface area contributed by atoms with Crippen molar-refractivity contribution in [2.75, 3.05) is 13.1 Å². The van der Waals surface area contributed by atoms with E-state index in [4.69, 9.17) is 0 Å². The van der Waals surface area contributed by atoms with Crippen molar-refractivity contribution in [3.63, 3.8) is 0 Å². The number of urea groups is 1. The molecule has 0 radical (unpaired) electrons. The molecule has 3 amide bonds. The highest BCUT2D eigenvalue weighted by molar-refractivity contribution is 9.10. The third-order valence-corrected chi connectivity index (χ3v) is 5.58. The van der Waals surface area contributed by atoms with Crippen molar-refractivity contribution < 1.29 is 9.59 Å². The van der Waals surface area contributed by atoms with Gasteiger partial charge in [-0.3, -0.25) is 4.79 Å². The third-order valence-electron chi connectivity index (χ3n) is 5.05. The Morgan fingerprint density at radius 3 is 2.52 bits per heavy atom. The number of carbonyl (C=O) groups is 2. The summed E-state index contributed by atoms with van der Waals surface area (Å²) in [5, 5.41) is 6.05. The topological polar surface area (TPSA) is 61.4 Å². The minimum absolute atomic E-state index is 0.00215.